The highest BCUT2D eigenvalue weighted by Crippen LogP contribution is 2.30. The van der Waals surface area contributed by atoms with Crippen molar-refractivity contribution in [1.82, 2.24) is 15.1 Å². The number of thioether (sulfide) groups is 1. The van der Waals surface area contributed by atoms with Gasteiger partial charge in [-0.3, -0.25) is 14.5 Å². The van der Waals surface area contributed by atoms with Gasteiger partial charge < -0.3 is 10.2 Å². The molecule has 1 spiro atoms. The first-order chi connectivity index (χ1) is 12.3. The number of piperidine rings is 1. The van der Waals surface area contributed by atoms with E-state index in [2.05, 4.69) is 5.32 Å². The molecule has 0 unspecified atom stereocenters. The summed E-state index contributed by atoms with van der Waals surface area (Å²) in [4.78, 5) is 40.5. The Morgan fingerprint density at radius 2 is 1.88 bits per heavy atom. The van der Waals surface area contributed by atoms with Gasteiger partial charge in [-0.15, -0.1) is 11.8 Å². The van der Waals surface area contributed by atoms with Gasteiger partial charge in [0.25, 0.3) is 5.91 Å². The molecule has 26 heavy (non-hydrogen) atoms. The molecule has 1 atom stereocenters. The van der Waals surface area contributed by atoms with Crippen LogP contribution in [0.5, 0.6) is 0 Å². The molecule has 2 aliphatic rings. The van der Waals surface area contributed by atoms with Gasteiger partial charge in [0.2, 0.25) is 5.91 Å². The number of imide groups is 1. The van der Waals surface area contributed by atoms with Gasteiger partial charge in [0, 0.05) is 36.7 Å². The fourth-order valence-electron chi connectivity index (χ4n) is 3.34. The molecule has 3 rings (SSSR count). The highest BCUT2D eigenvalue weighted by molar-refractivity contribution is 7.99. The number of likely N-dealkylation sites (N-methyl/N-ethyl adjacent to an activating group) is 1. The third kappa shape index (κ3) is 3.56. The predicted octanol–water partition coefficient (Wildman–Crippen LogP) is 2.10. The number of rotatable bonds is 4. The van der Waals surface area contributed by atoms with Crippen LogP contribution in [0.2, 0.25) is 0 Å². The second kappa shape index (κ2) is 7.26. The number of carbonyl (C=O) groups excluding carboxylic acids is 3. The van der Waals surface area contributed by atoms with Crippen LogP contribution in [0.1, 0.15) is 19.8 Å². The lowest BCUT2D eigenvalue weighted by Crippen LogP contribution is -2.56. The molecule has 2 fully saturated rings. The minimum absolute atomic E-state index is 0.0413. The molecule has 0 aliphatic carbocycles. The summed E-state index contributed by atoms with van der Waals surface area (Å²) in [6, 6.07) is 5.84. The van der Waals surface area contributed by atoms with E-state index in [1.807, 2.05) is 6.92 Å². The Labute approximate surface area is 156 Å². The van der Waals surface area contributed by atoms with Crippen molar-refractivity contribution < 1.29 is 18.8 Å². The molecule has 2 saturated heterocycles. The zero-order valence-electron chi connectivity index (χ0n) is 14.8. The minimum atomic E-state index is -0.852. The lowest BCUT2D eigenvalue weighted by Gasteiger charge is -2.38. The molecule has 1 N–H and O–H groups in total. The lowest BCUT2D eigenvalue weighted by atomic mass is 9.87. The third-order valence-electron chi connectivity index (χ3n) is 5.03. The van der Waals surface area contributed by atoms with Gasteiger partial charge in [0.15, 0.2) is 0 Å². The summed E-state index contributed by atoms with van der Waals surface area (Å²) in [6.07, 6.45) is 0.872. The number of benzene rings is 1. The van der Waals surface area contributed by atoms with Crippen molar-refractivity contribution >= 4 is 29.6 Å². The van der Waals surface area contributed by atoms with Gasteiger partial charge in [-0.2, -0.15) is 0 Å². The number of carbonyl (C=O) groups is 3. The Morgan fingerprint density at radius 3 is 2.42 bits per heavy atom. The van der Waals surface area contributed by atoms with Crippen LogP contribution in [0.15, 0.2) is 29.2 Å². The quantitative estimate of drug-likeness (QED) is 0.643. The summed E-state index contributed by atoms with van der Waals surface area (Å²) >= 11 is 1.52. The van der Waals surface area contributed by atoms with E-state index in [0.29, 0.717) is 31.7 Å². The van der Waals surface area contributed by atoms with Crippen molar-refractivity contribution in [3.05, 3.63) is 30.1 Å². The largest absolute Gasteiger partial charge is 0.342 e. The first-order valence-electron chi connectivity index (χ1n) is 8.60. The zero-order chi connectivity index (χ0) is 18.9. The van der Waals surface area contributed by atoms with Crippen molar-refractivity contribution in [3.8, 4) is 0 Å². The first kappa shape index (κ1) is 18.7. The van der Waals surface area contributed by atoms with E-state index in [0.717, 1.165) is 9.80 Å². The third-order valence-corrected chi connectivity index (χ3v) is 6.30. The summed E-state index contributed by atoms with van der Waals surface area (Å²) < 4.78 is 12.9. The molecule has 1 aromatic rings. The number of urea groups is 1. The van der Waals surface area contributed by atoms with Crippen LogP contribution in [-0.4, -0.2) is 59.1 Å². The molecule has 0 saturated carbocycles. The van der Waals surface area contributed by atoms with Crippen molar-refractivity contribution in [2.45, 2.75) is 30.2 Å². The van der Waals surface area contributed by atoms with Gasteiger partial charge in [-0.25, -0.2) is 9.18 Å². The standard InChI is InChI=1S/C18H22FN3O3S/c1-12(11-26-14-5-3-13(19)4-6-14)15(23)22-9-7-18(8-10-22)16(24)21(2)17(25)20-18/h3-6,12H,7-11H2,1-2H3,(H,20,25)/t12-/m0/s1. The monoisotopic (exact) mass is 379 g/mol. The van der Waals surface area contributed by atoms with E-state index in [1.54, 1.807) is 17.0 Å². The molecule has 6 nitrogen and oxygen atoms in total. The molecule has 8 heteroatoms. The molecule has 0 aromatic heterocycles. The Morgan fingerprint density at radius 1 is 1.27 bits per heavy atom. The maximum atomic E-state index is 12.9. The van der Waals surface area contributed by atoms with E-state index in [-0.39, 0.29) is 29.6 Å². The topological polar surface area (TPSA) is 69.7 Å². The Bertz CT molecular complexity index is 717. The van der Waals surface area contributed by atoms with Crippen LogP contribution in [0.25, 0.3) is 0 Å². The fourth-order valence-corrected chi connectivity index (χ4v) is 4.25. The van der Waals surface area contributed by atoms with Gasteiger partial charge >= 0.3 is 6.03 Å². The van der Waals surface area contributed by atoms with Crippen molar-refractivity contribution in [3.63, 3.8) is 0 Å². The van der Waals surface area contributed by atoms with Gasteiger partial charge in [0.1, 0.15) is 11.4 Å². The number of amides is 4. The maximum Gasteiger partial charge on any atom is 0.324 e. The fraction of sp³-hybridized carbons (Fsp3) is 0.500. The summed E-state index contributed by atoms with van der Waals surface area (Å²) in [5, 5.41) is 2.77. The van der Waals surface area contributed by atoms with E-state index in [1.165, 1.54) is 30.9 Å². The summed E-state index contributed by atoms with van der Waals surface area (Å²) in [7, 11) is 1.47. The molecule has 0 bridgehead atoms. The van der Waals surface area contributed by atoms with Gasteiger partial charge in [0.05, 0.1) is 0 Å². The molecule has 1 aromatic carbocycles. The number of nitrogens with zero attached hydrogens (tertiary/aromatic N) is 2. The molecule has 2 heterocycles. The SMILES string of the molecule is C[C@@H](CSc1ccc(F)cc1)C(=O)N1CCC2(CC1)NC(=O)N(C)C2=O. The molecular weight excluding hydrogens is 357 g/mol. The predicted molar refractivity (Wildman–Crippen MR) is 96.1 cm³/mol. The second-order valence-corrected chi connectivity index (χ2v) is 7.96. The number of hydrogen-bond donors (Lipinski definition) is 1. The number of nitrogens with one attached hydrogen (secondary N) is 1. The Hall–Kier alpha value is -2.09. The van der Waals surface area contributed by atoms with E-state index in [4.69, 9.17) is 0 Å². The van der Waals surface area contributed by atoms with Crippen LogP contribution in [0.3, 0.4) is 0 Å². The summed E-state index contributed by atoms with van der Waals surface area (Å²) in [5.74, 6) is -0.0329. The Balaban J connectivity index is 1.52. The van der Waals surface area contributed by atoms with Crippen molar-refractivity contribution in [1.29, 1.82) is 0 Å². The molecular formula is C18H22FN3O3S. The highest BCUT2D eigenvalue weighted by atomic mass is 32.2. The van der Waals surface area contributed by atoms with Crippen molar-refractivity contribution in [2.75, 3.05) is 25.9 Å². The number of likely N-dealkylation sites (tertiary alicyclic amines) is 1. The molecule has 140 valence electrons. The number of halogens is 1. The van der Waals surface area contributed by atoms with E-state index in [9.17, 15) is 18.8 Å². The minimum Gasteiger partial charge on any atom is -0.342 e. The van der Waals surface area contributed by atoms with E-state index < -0.39 is 5.54 Å². The normalized spacial score (nSPS) is 20.4. The van der Waals surface area contributed by atoms with Gasteiger partial charge in [-0.05, 0) is 37.1 Å². The molecule has 2 aliphatic heterocycles. The summed E-state index contributed by atoms with van der Waals surface area (Å²) in [5.41, 5.74) is -0.852. The average molecular weight is 379 g/mol. The highest BCUT2D eigenvalue weighted by Gasteiger charge is 2.51. The van der Waals surface area contributed by atoms with Crippen LogP contribution < -0.4 is 5.32 Å². The zero-order valence-corrected chi connectivity index (χ0v) is 15.6. The van der Waals surface area contributed by atoms with Gasteiger partial charge in [-0.1, -0.05) is 6.92 Å². The second-order valence-electron chi connectivity index (χ2n) is 6.87. The smallest absolute Gasteiger partial charge is 0.324 e. The van der Waals surface area contributed by atoms with Crippen LogP contribution >= 0.6 is 11.8 Å². The first-order valence-corrected chi connectivity index (χ1v) is 9.58. The average Bonchev–Trinajstić information content (AvgIpc) is 2.85. The molecule has 0 radical (unpaired) electrons. The van der Waals surface area contributed by atoms with E-state index >= 15 is 0 Å². The Kier molecular flexibility index (Phi) is 5.22. The molecule has 4 amide bonds. The lowest BCUT2D eigenvalue weighted by molar-refractivity contribution is -0.139. The van der Waals surface area contributed by atoms with Crippen molar-refractivity contribution in [2.24, 2.45) is 5.92 Å². The van der Waals surface area contributed by atoms with Crippen LogP contribution in [-0.2, 0) is 9.59 Å². The summed E-state index contributed by atoms with van der Waals surface area (Å²) in [6.45, 7) is 2.77. The maximum absolute atomic E-state index is 12.9. The van der Waals surface area contributed by atoms with Crippen LogP contribution in [0.4, 0.5) is 9.18 Å². The number of hydrogen-bond acceptors (Lipinski definition) is 4. The van der Waals surface area contributed by atoms with Crippen LogP contribution in [0, 0.1) is 11.7 Å².